The summed E-state index contributed by atoms with van der Waals surface area (Å²) in [7, 11) is 0. The molecule has 1 aliphatic heterocycles. The number of hydrogen-bond acceptors (Lipinski definition) is 3. The Morgan fingerprint density at radius 2 is 2.29 bits per heavy atom. The molecule has 1 aromatic rings. The van der Waals surface area contributed by atoms with Gasteiger partial charge in [0, 0.05) is 25.3 Å². The van der Waals surface area contributed by atoms with Crippen LogP contribution in [0, 0.1) is 0 Å². The second-order valence-electron chi connectivity index (χ2n) is 4.45. The number of likely N-dealkylation sites (tertiary alicyclic amines) is 1. The maximum atomic E-state index is 12.3. The van der Waals surface area contributed by atoms with Crippen molar-refractivity contribution in [2.75, 3.05) is 13.1 Å². The summed E-state index contributed by atoms with van der Waals surface area (Å²) in [5.41, 5.74) is 6.29. The fourth-order valence-electron chi connectivity index (χ4n) is 2.33. The Kier molecular flexibility index (Phi) is 4.09. The standard InChI is InChI=1S/C13H19N3O/c14-10-11-6-2-1-5-9-16(11)13(17)12-7-3-4-8-15-12/h3-4,7-8,11H,1-2,5-6,9-10,14H2. The molecule has 2 heterocycles. The molecule has 0 saturated carbocycles. The molecule has 0 spiro atoms. The van der Waals surface area contributed by atoms with E-state index in [0.717, 1.165) is 25.8 Å². The summed E-state index contributed by atoms with van der Waals surface area (Å²) in [5, 5.41) is 0. The van der Waals surface area contributed by atoms with Gasteiger partial charge in [-0.2, -0.15) is 0 Å². The van der Waals surface area contributed by atoms with Gasteiger partial charge in [0.05, 0.1) is 0 Å². The lowest BCUT2D eigenvalue weighted by molar-refractivity contribution is 0.0683. The van der Waals surface area contributed by atoms with Gasteiger partial charge in [-0.3, -0.25) is 9.78 Å². The van der Waals surface area contributed by atoms with Gasteiger partial charge < -0.3 is 10.6 Å². The summed E-state index contributed by atoms with van der Waals surface area (Å²) in [6.07, 6.45) is 6.07. The number of nitrogens with two attached hydrogens (primary N) is 1. The van der Waals surface area contributed by atoms with E-state index < -0.39 is 0 Å². The quantitative estimate of drug-likeness (QED) is 0.840. The molecule has 1 saturated heterocycles. The largest absolute Gasteiger partial charge is 0.333 e. The Bertz CT molecular complexity index is 366. The highest BCUT2D eigenvalue weighted by Crippen LogP contribution is 2.18. The molecule has 2 N–H and O–H groups in total. The van der Waals surface area contributed by atoms with Crippen LogP contribution in [0.2, 0.25) is 0 Å². The molecule has 1 aromatic heterocycles. The summed E-state index contributed by atoms with van der Waals surface area (Å²) in [6, 6.07) is 5.60. The van der Waals surface area contributed by atoms with Crippen molar-refractivity contribution >= 4 is 5.91 Å². The maximum absolute atomic E-state index is 12.3. The Balaban J connectivity index is 2.16. The van der Waals surface area contributed by atoms with E-state index in [2.05, 4.69) is 4.98 Å². The molecule has 1 fully saturated rings. The van der Waals surface area contributed by atoms with Crippen molar-refractivity contribution < 1.29 is 4.79 Å². The van der Waals surface area contributed by atoms with Gasteiger partial charge in [0.1, 0.15) is 5.69 Å². The highest BCUT2D eigenvalue weighted by molar-refractivity contribution is 5.92. The van der Waals surface area contributed by atoms with Gasteiger partial charge in [0.2, 0.25) is 0 Å². The number of amides is 1. The van der Waals surface area contributed by atoms with E-state index in [0.29, 0.717) is 12.2 Å². The van der Waals surface area contributed by atoms with Crippen LogP contribution in [0.4, 0.5) is 0 Å². The topological polar surface area (TPSA) is 59.2 Å². The number of nitrogens with zero attached hydrogens (tertiary/aromatic N) is 2. The monoisotopic (exact) mass is 233 g/mol. The number of hydrogen-bond donors (Lipinski definition) is 1. The van der Waals surface area contributed by atoms with E-state index in [1.165, 1.54) is 6.42 Å². The molecule has 0 radical (unpaired) electrons. The minimum atomic E-state index is 0.0166. The summed E-state index contributed by atoms with van der Waals surface area (Å²) < 4.78 is 0. The molecule has 1 aliphatic rings. The molecule has 92 valence electrons. The molecule has 0 aromatic carbocycles. The zero-order valence-corrected chi connectivity index (χ0v) is 10.0. The summed E-state index contributed by atoms with van der Waals surface area (Å²) in [5.74, 6) is 0.0166. The lowest BCUT2D eigenvalue weighted by atomic mass is 10.1. The van der Waals surface area contributed by atoms with Gasteiger partial charge >= 0.3 is 0 Å². The van der Waals surface area contributed by atoms with Crippen LogP contribution < -0.4 is 5.73 Å². The fourth-order valence-corrected chi connectivity index (χ4v) is 2.33. The zero-order valence-electron chi connectivity index (χ0n) is 10.0. The van der Waals surface area contributed by atoms with Crippen LogP contribution >= 0.6 is 0 Å². The predicted octanol–water partition coefficient (Wildman–Crippen LogP) is 1.43. The van der Waals surface area contributed by atoms with Crippen molar-refractivity contribution in [1.82, 2.24) is 9.88 Å². The third-order valence-electron chi connectivity index (χ3n) is 3.29. The van der Waals surface area contributed by atoms with Crippen molar-refractivity contribution in [3.63, 3.8) is 0 Å². The second-order valence-corrected chi connectivity index (χ2v) is 4.45. The molecular formula is C13H19N3O. The highest BCUT2D eigenvalue weighted by atomic mass is 16.2. The van der Waals surface area contributed by atoms with Crippen LogP contribution in [0.5, 0.6) is 0 Å². The SMILES string of the molecule is NCC1CCCCCN1C(=O)c1ccccn1. The van der Waals surface area contributed by atoms with Crippen molar-refractivity contribution in [2.24, 2.45) is 5.73 Å². The van der Waals surface area contributed by atoms with Crippen LogP contribution in [0.3, 0.4) is 0 Å². The molecule has 1 amide bonds. The first-order chi connectivity index (χ1) is 8.33. The average Bonchev–Trinajstić information content (AvgIpc) is 2.64. The van der Waals surface area contributed by atoms with E-state index in [4.69, 9.17) is 5.73 Å². The van der Waals surface area contributed by atoms with Crippen LogP contribution in [0.15, 0.2) is 24.4 Å². The molecular weight excluding hydrogens is 214 g/mol. The minimum Gasteiger partial charge on any atom is -0.333 e. The molecule has 1 unspecified atom stereocenters. The van der Waals surface area contributed by atoms with E-state index in [-0.39, 0.29) is 11.9 Å². The molecule has 4 heteroatoms. The van der Waals surface area contributed by atoms with Gasteiger partial charge in [-0.15, -0.1) is 0 Å². The van der Waals surface area contributed by atoms with Gasteiger partial charge in [-0.25, -0.2) is 0 Å². The highest BCUT2D eigenvalue weighted by Gasteiger charge is 2.25. The van der Waals surface area contributed by atoms with Gasteiger partial charge in [-0.1, -0.05) is 18.9 Å². The second kappa shape index (κ2) is 5.77. The van der Waals surface area contributed by atoms with Gasteiger partial charge in [0.15, 0.2) is 0 Å². The number of carbonyl (C=O) groups is 1. The molecule has 0 bridgehead atoms. The lowest BCUT2D eigenvalue weighted by Crippen LogP contribution is -2.44. The van der Waals surface area contributed by atoms with E-state index in [1.807, 2.05) is 17.0 Å². The maximum Gasteiger partial charge on any atom is 0.272 e. The lowest BCUT2D eigenvalue weighted by Gasteiger charge is -2.28. The van der Waals surface area contributed by atoms with Crippen LogP contribution in [0.25, 0.3) is 0 Å². The Morgan fingerprint density at radius 1 is 1.41 bits per heavy atom. The first kappa shape index (κ1) is 12.0. The van der Waals surface area contributed by atoms with Crippen LogP contribution in [0.1, 0.15) is 36.2 Å². The first-order valence-corrected chi connectivity index (χ1v) is 6.25. The summed E-state index contributed by atoms with van der Waals surface area (Å²) >= 11 is 0. The average molecular weight is 233 g/mol. The van der Waals surface area contributed by atoms with Crippen LogP contribution in [-0.4, -0.2) is 34.9 Å². The van der Waals surface area contributed by atoms with E-state index >= 15 is 0 Å². The van der Waals surface area contributed by atoms with Crippen molar-refractivity contribution in [1.29, 1.82) is 0 Å². The summed E-state index contributed by atoms with van der Waals surface area (Å²) in [4.78, 5) is 18.3. The fraction of sp³-hybridized carbons (Fsp3) is 0.538. The van der Waals surface area contributed by atoms with Crippen molar-refractivity contribution in [3.8, 4) is 0 Å². The Morgan fingerprint density at radius 3 is 3.00 bits per heavy atom. The number of carbonyl (C=O) groups excluding carboxylic acids is 1. The third kappa shape index (κ3) is 2.82. The predicted molar refractivity (Wildman–Crippen MR) is 66.6 cm³/mol. The Hall–Kier alpha value is -1.42. The smallest absolute Gasteiger partial charge is 0.272 e. The molecule has 17 heavy (non-hydrogen) atoms. The molecule has 2 rings (SSSR count). The van der Waals surface area contributed by atoms with Crippen molar-refractivity contribution in [3.05, 3.63) is 30.1 Å². The molecule has 4 nitrogen and oxygen atoms in total. The Labute approximate surface area is 102 Å². The van der Waals surface area contributed by atoms with Gasteiger partial charge in [0.25, 0.3) is 5.91 Å². The number of pyridine rings is 1. The van der Waals surface area contributed by atoms with E-state index in [1.54, 1.807) is 12.3 Å². The number of rotatable bonds is 2. The normalized spacial score (nSPS) is 21.0. The minimum absolute atomic E-state index is 0.0166. The molecule has 0 aliphatic carbocycles. The zero-order chi connectivity index (χ0) is 12.1. The third-order valence-corrected chi connectivity index (χ3v) is 3.29. The first-order valence-electron chi connectivity index (χ1n) is 6.25. The molecule has 1 atom stereocenters. The van der Waals surface area contributed by atoms with Crippen molar-refractivity contribution in [2.45, 2.75) is 31.7 Å². The van der Waals surface area contributed by atoms with Gasteiger partial charge in [-0.05, 0) is 25.0 Å². The summed E-state index contributed by atoms with van der Waals surface area (Å²) in [6.45, 7) is 1.34. The van der Waals surface area contributed by atoms with E-state index in [9.17, 15) is 4.79 Å². The van der Waals surface area contributed by atoms with Crippen LogP contribution in [-0.2, 0) is 0 Å². The number of aromatic nitrogens is 1.